The highest BCUT2D eigenvalue weighted by Crippen LogP contribution is 2.40. The highest BCUT2D eigenvalue weighted by atomic mass is 16.3. The van der Waals surface area contributed by atoms with Crippen molar-refractivity contribution >= 4 is 0 Å². The number of hydrogen-bond donors (Lipinski definition) is 2. The molecule has 3 heteroatoms. The summed E-state index contributed by atoms with van der Waals surface area (Å²) < 4.78 is 0. The fourth-order valence-electron chi connectivity index (χ4n) is 2.86. The van der Waals surface area contributed by atoms with Crippen LogP contribution in [0, 0.1) is 11.8 Å². The van der Waals surface area contributed by atoms with Crippen molar-refractivity contribution in [1.29, 1.82) is 0 Å². The van der Waals surface area contributed by atoms with Crippen LogP contribution in [0.1, 0.15) is 26.7 Å². The van der Waals surface area contributed by atoms with E-state index in [0.717, 1.165) is 25.4 Å². The minimum Gasteiger partial charge on any atom is -0.393 e. The summed E-state index contributed by atoms with van der Waals surface area (Å²) in [6.45, 7) is 7.26. The van der Waals surface area contributed by atoms with Crippen molar-refractivity contribution in [3.63, 3.8) is 0 Å². The van der Waals surface area contributed by atoms with Crippen molar-refractivity contribution in [2.45, 2.75) is 38.3 Å². The Morgan fingerprint density at radius 1 is 1.36 bits per heavy atom. The van der Waals surface area contributed by atoms with Gasteiger partial charge in [0.1, 0.15) is 0 Å². The molecule has 0 spiro atoms. The summed E-state index contributed by atoms with van der Waals surface area (Å²) in [6.07, 6.45) is 2.15. The lowest BCUT2D eigenvalue weighted by Crippen LogP contribution is -2.48. The van der Waals surface area contributed by atoms with Gasteiger partial charge >= 0.3 is 0 Å². The normalized spacial score (nSPS) is 39.0. The number of fused-ring (bicyclic) bond motifs is 1. The van der Waals surface area contributed by atoms with Crippen molar-refractivity contribution in [1.82, 2.24) is 4.90 Å². The van der Waals surface area contributed by atoms with E-state index >= 15 is 0 Å². The second-order valence-corrected chi connectivity index (χ2v) is 5.49. The largest absolute Gasteiger partial charge is 0.393 e. The SMILES string of the molecule is CC(C)(CN)N1CC2CCC(O)C2C1. The molecule has 3 nitrogen and oxygen atoms in total. The van der Waals surface area contributed by atoms with Crippen LogP contribution in [0.2, 0.25) is 0 Å². The van der Waals surface area contributed by atoms with E-state index in [1.807, 2.05) is 0 Å². The predicted octanol–water partition coefficient (Wildman–Crippen LogP) is 0.426. The molecule has 1 aliphatic carbocycles. The van der Waals surface area contributed by atoms with Crippen LogP contribution >= 0.6 is 0 Å². The maximum Gasteiger partial charge on any atom is 0.0583 e. The molecule has 3 N–H and O–H groups in total. The molecule has 3 unspecified atom stereocenters. The molecule has 1 saturated carbocycles. The highest BCUT2D eigenvalue weighted by Gasteiger charge is 2.45. The van der Waals surface area contributed by atoms with Crippen molar-refractivity contribution in [3.8, 4) is 0 Å². The molecule has 0 amide bonds. The first-order valence-electron chi connectivity index (χ1n) is 5.68. The first-order valence-corrected chi connectivity index (χ1v) is 5.68. The Bertz CT molecular complexity index is 217. The van der Waals surface area contributed by atoms with E-state index in [0.29, 0.717) is 12.5 Å². The second-order valence-electron chi connectivity index (χ2n) is 5.49. The Balaban J connectivity index is 2.02. The summed E-state index contributed by atoms with van der Waals surface area (Å²) in [7, 11) is 0. The standard InChI is InChI=1S/C11H22N2O/c1-11(2,7-12)13-5-8-3-4-10(14)9(8)6-13/h8-10,14H,3-7,12H2,1-2H3. The van der Waals surface area contributed by atoms with Crippen molar-refractivity contribution in [2.24, 2.45) is 17.6 Å². The van der Waals surface area contributed by atoms with Crippen LogP contribution in [-0.2, 0) is 0 Å². The molecule has 0 aromatic rings. The van der Waals surface area contributed by atoms with Crippen LogP contribution in [0.5, 0.6) is 0 Å². The van der Waals surface area contributed by atoms with Gasteiger partial charge in [-0.2, -0.15) is 0 Å². The summed E-state index contributed by atoms with van der Waals surface area (Å²) in [6, 6.07) is 0. The summed E-state index contributed by atoms with van der Waals surface area (Å²) in [5.74, 6) is 1.23. The lowest BCUT2D eigenvalue weighted by atomic mass is 9.99. The zero-order valence-corrected chi connectivity index (χ0v) is 9.24. The molecule has 2 rings (SSSR count). The zero-order valence-electron chi connectivity index (χ0n) is 9.24. The van der Waals surface area contributed by atoms with Gasteiger partial charge in [0, 0.05) is 31.1 Å². The van der Waals surface area contributed by atoms with E-state index in [2.05, 4.69) is 18.7 Å². The first kappa shape index (κ1) is 10.4. The molecule has 1 aliphatic heterocycles. The van der Waals surface area contributed by atoms with E-state index in [1.165, 1.54) is 6.42 Å². The second kappa shape index (κ2) is 3.47. The molecule has 2 aliphatic rings. The number of nitrogens with two attached hydrogens (primary N) is 1. The molecular weight excluding hydrogens is 176 g/mol. The topological polar surface area (TPSA) is 49.5 Å². The lowest BCUT2D eigenvalue weighted by molar-refractivity contribution is 0.102. The van der Waals surface area contributed by atoms with Gasteiger partial charge in [0.15, 0.2) is 0 Å². The van der Waals surface area contributed by atoms with Gasteiger partial charge in [0.25, 0.3) is 0 Å². The van der Waals surface area contributed by atoms with Crippen LogP contribution < -0.4 is 5.73 Å². The molecule has 14 heavy (non-hydrogen) atoms. The minimum absolute atomic E-state index is 0.0569. The molecule has 0 bridgehead atoms. The third kappa shape index (κ3) is 1.58. The van der Waals surface area contributed by atoms with Gasteiger partial charge in [0.05, 0.1) is 6.10 Å². The number of nitrogens with zero attached hydrogens (tertiary/aromatic N) is 1. The fourth-order valence-corrected chi connectivity index (χ4v) is 2.86. The van der Waals surface area contributed by atoms with Crippen molar-refractivity contribution in [3.05, 3.63) is 0 Å². The van der Waals surface area contributed by atoms with Gasteiger partial charge in [-0.15, -0.1) is 0 Å². The average molecular weight is 198 g/mol. The smallest absolute Gasteiger partial charge is 0.0583 e. The van der Waals surface area contributed by atoms with Crippen LogP contribution in [0.15, 0.2) is 0 Å². The van der Waals surface area contributed by atoms with Crippen molar-refractivity contribution in [2.75, 3.05) is 19.6 Å². The molecule has 3 atom stereocenters. The molecule has 1 saturated heterocycles. The summed E-state index contributed by atoms with van der Waals surface area (Å²) >= 11 is 0. The van der Waals surface area contributed by atoms with Gasteiger partial charge in [-0.05, 0) is 32.6 Å². The Kier molecular flexibility index (Phi) is 2.58. The predicted molar refractivity (Wildman–Crippen MR) is 56.9 cm³/mol. The zero-order chi connectivity index (χ0) is 10.3. The number of likely N-dealkylation sites (tertiary alicyclic amines) is 1. The summed E-state index contributed by atoms with van der Waals surface area (Å²) in [4.78, 5) is 2.45. The molecule has 0 radical (unpaired) electrons. The number of aliphatic hydroxyl groups excluding tert-OH is 1. The van der Waals surface area contributed by atoms with Crippen LogP contribution in [-0.4, -0.2) is 41.3 Å². The van der Waals surface area contributed by atoms with Crippen LogP contribution in [0.3, 0.4) is 0 Å². The van der Waals surface area contributed by atoms with Gasteiger partial charge in [-0.1, -0.05) is 0 Å². The first-order chi connectivity index (χ1) is 6.54. The van der Waals surface area contributed by atoms with Crippen molar-refractivity contribution < 1.29 is 5.11 Å². The number of aliphatic hydroxyl groups is 1. The Labute approximate surface area is 86.3 Å². The van der Waals surface area contributed by atoms with Crippen LogP contribution in [0.25, 0.3) is 0 Å². The van der Waals surface area contributed by atoms with Gasteiger partial charge in [-0.25, -0.2) is 0 Å². The molecule has 1 heterocycles. The summed E-state index contributed by atoms with van der Waals surface area (Å²) in [5.41, 5.74) is 5.87. The Hall–Kier alpha value is -0.120. The molecular formula is C11H22N2O. The quantitative estimate of drug-likeness (QED) is 0.676. The van der Waals surface area contributed by atoms with E-state index in [1.54, 1.807) is 0 Å². The number of rotatable bonds is 2. The monoisotopic (exact) mass is 198 g/mol. The minimum atomic E-state index is -0.0569. The van der Waals surface area contributed by atoms with Gasteiger partial charge in [0.2, 0.25) is 0 Å². The van der Waals surface area contributed by atoms with E-state index < -0.39 is 0 Å². The van der Waals surface area contributed by atoms with E-state index in [-0.39, 0.29) is 11.6 Å². The maximum atomic E-state index is 9.80. The van der Waals surface area contributed by atoms with E-state index in [4.69, 9.17) is 5.73 Å². The Morgan fingerprint density at radius 3 is 2.64 bits per heavy atom. The van der Waals surface area contributed by atoms with E-state index in [9.17, 15) is 5.11 Å². The molecule has 0 aromatic heterocycles. The summed E-state index contributed by atoms with van der Waals surface area (Å²) in [5, 5.41) is 9.80. The third-order valence-electron chi connectivity index (χ3n) is 4.17. The molecule has 0 aromatic carbocycles. The maximum absolute atomic E-state index is 9.80. The third-order valence-corrected chi connectivity index (χ3v) is 4.17. The van der Waals surface area contributed by atoms with Gasteiger partial charge in [-0.3, -0.25) is 4.90 Å². The lowest BCUT2D eigenvalue weighted by Gasteiger charge is -2.35. The number of hydrogen-bond acceptors (Lipinski definition) is 3. The Morgan fingerprint density at radius 2 is 2.07 bits per heavy atom. The molecule has 2 fully saturated rings. The molecule has 82 valence electrons. The van der Waals surface area contributed by atoms with Crippen LogP contribution in [0.4, 0.5) is 0 Å². The average Bonchev–Trinajstić information content (AvgIpc) is 2.69. The highest BCUT2D eigenvalue weighted by molar-refractivity contribution is 4.98. The fraction of sp³-hybridized carbons (Fsp3) is 1.00. The van der Waals surface area contributed by atoms with Gasteiger partial charge < -0.3 is 10.8 Å².